The number of allylic oxidation sites excluding steroid dienone is 2. The molecule has 0 saturated heterocycles. The van der Waals surface area contributed by atoms with E-state index in [1.54, 1.807) is 11.1 Å². The third-order valence-electron chi connectivity index (χ3n) is 5.18. The molecule has 4 rings (SSSR count). The fourth-order valence-electron chi connectivity index (χ4n) is 3.85. The molecule has 0 nitrogen and oxygen atoms in total. The summed E-state index contributed by atoms with van der Waals surface area (Å²) in [6.07, 6.45) is 12.6. The van der Waals surface area contributed by atoms with Crippen molar-refractivity contribution in [2.75, 3.05) is 0 Å². The molecule has 116 valence electrons. The van der Waals surface area contributed by atoms with Crippen LogP contribution in [-0.2, 0) is 45.8 Å². The van der Waals surface area contributed by atoms with Gasteiger partial charge in [0.25, 0.3) is 0 Å². The van der Waals surface area contributed by atoms with Gasteiger partial charge in [-0.25, -0.2) is 0 Å². The van der Waals surface area contributed by atoms with Crippen molar-refractivity contribution in [3.8, 4) is 0 Å². The van der Waals surface area contributed by atoms with Gasteiger partial charge in [-0.1, -0.05) is 0 Å². The van der Waals surface area contributed by atoms with E-state index in [2.05, 4.69) is 72.8 Å². The Morgan fingerprint density at radius 1 is 0.625 bits per heavy atom. The maximum absolute atomic E-state index is 2.47. The molecule has 24 heavy (non-hydrogen) atoms. The molecular formula is C22H22Sc2. The standard InChI is InChI=1S/2C9H7.C4H8.2Sc/c2*1-2-5-9-7-3-6-8(9)4-1;1-3-4-2;;/h2*1-7H;1-4H2;;. The second-order valence-corrected chi connectivity index (χ2v) is 12.3. The summed E-state index contributed by atoms with van der Waals surface area (Å²) in [6.45, 7) is 0. The van der Waals surface area contributed by atoms with Crippen LogP contribution in [0, 0.1) is 0 Å². The van der Waals surface area contributed by atoms with Crippen molar-refractivity contribution in [1.29, 1.82) is 0 Å². The van der Waals surface area contributed by atoms with Crippen LogP contribution in [0.15, 0.2) is 60.7 Å². The van der Waals surface area contributed by atoms with E-state index in [0.29, 0.717) is 0 Å². The molecule has 0 saturated carbocycles. The van der Waals surface area contributed by atoms with Gasteiger partial charge < -0.3 is 0 Å². The fraction of sp³-hybridized carbons (Fsp3) is 0.273. The van der Waals surface area contributed by atoms with Gasteiger partial charge in [0, 0.05) is 0 Å². The van der Waals surface area contributed by atoms with Crippen molar-refractivity contribution in [2.45, 2.75) is 28.5 Å². The van der Waals surface area contributed by atoms with E-state index in [-0.39, 0.29) is 45.8 Å². The molecule has 2 aliphatic carbocycles. The van der Waals surface area contributed by atoms with E-state index in [1.807, 2.05) is 0 Å². The van der Waals surface area contributed by atoms with E-state index in [1.165, 1.54) is 32.3 Å². The Morgan fingerprint density at radius 3 is 1.58 bits per heavy atom. The monoisotopic (exact) mass is 376 g/mol. The van der Waals surface area contributed by atoms with Crippen LogP contribution >= 0.6 is 0 Å². The van der Waals surface area contributed by atoms with Gasteiger partial charge in [-0.2, -0.15) is 0 Å². The first kappa shape index (κ1) is 17.1. The Balaban J connectivity index is 1.17. The molecule has 2 aromatic carbocycles. The molecule has 2 unspecified atom stereocenters. The van der Waals surface area contributed by atoms with Gasteiger partial charge >= 0.3 is 169 Å². The first-order valence-electron chi connectivity index (χ1n) is 9.13. The number of rotatable bonds is 7. The van der Waals surface area contributed by atoms with Crippen LogP contribution in [0.1, 0.15) is 42.4 Å². The molecular weight excluding hydrogens is 354 g/mol. The third-order valence-corrected chi connectivity index (χ3v) is 10.9. The van der Waals surface area contributed by atoms with Gasteiger partial charge in [-0.3, -0.25) is 0 Å². The van der Waals surface area contributed by atoms with Crippen LogP contribution in [-0.4, -0.2) is 0 Å². The van der Waals surface area contributed by atoms with Crippen LogP contribution in [0.5, 0.6) is 0 Å². The second-order valence-electron chi connectivity index (χ2n) is 6.78. The Bertz CT molecular complexity index is 695. The number of fused-ring (bicyclic) bond motifs is 2. The van der Waals surface area contributed by atoms with Crippen molar-refractivity contribution in [3.63, 3.8) is 0 Å². The zero-order valence-corrected chi connectivity index (χ0v) is 17.7. The van der Waals surface area contributed by atoms with E-state index in [9.17, 15) is 0 Å². The molecule has 2 aromatic rings. The molecule has 0 bridgehead atoms. The SMILES string of the molecule is C1=C[CH]([Sc][CH2]CC[CH2][Sc][CH]2C=Cc3ccccc32)c2ccccc21. The van der Waals surface area contributed by atoms with Crippen LogP contribution in [0.3, 0.4) is 0 Å². The number of unbranched alkanes of at least 4 members (excludes halogenated alkanes) is 1. The molecule has 2 atom stereocenters. The van der Waals surface area contributed by atoms with Crippen LogP contribution < -0.4 is 0 Å². The van der Waals surface area contributed by atoms with Crippen LogP contribution in [0.4, 0.5) is 0 Å². The van der Waals surface area contributed by atoms with Crippen LogP contribution in [0.25, 0.3) is 12.2 Å². The van der Waals surface area contributed by atoms with Crippen LogP contribution in [0.2, 0.25) is 8.35 Å². The quantitative estimate of drug-likeness (QED) is 0.497. The average molecular weight is 376 g/mol. The van der Waals surface area contributed by atoms with Crippen molar-refractivity contribution in [2.24, 2.45) is 0 Å². The Morgan fingerprint density at radius 2 is 1.08 bits per heavy atom. The molecule has 0 radical (unpaired) electrons. The summed E-state index contributed by atoms with van der Waals surface area (Å²) in [5.41, 5.74) is 6.17. The molecule has 0 aliphatic heterocycles. The number of benzene rings is 2. The summed E-state index contributed by atoms with van der Waals surface area (Å²) < 4.78 is 4.71. The molecule has 0 spiro atoms. The molecule has 0 fully saturated rings. The minimum absolute atomic E-state index is 0.162. The summed E-state index contributed by atoms with van der Waals surface area (Å²) in [7, 11) is 0. The van der Waals surface area contributed by atoms with Gasteiger partial charge in [0.15, 0.2) is 0 Å². The molecule has 2 heteroatoms. The van der Waals surface area contributed by atoms with Gasteiger partial charge in [0.1, 0.15) is 0 Å². The average Bonchev–Trinajstić information content (AvgIpc) is 3.22. The fourth-order valence-corrected chi connectivity index (χ4v) is 9.19. The first-order valence-corrected chi connectivity index (χ1v) is 13.8. The summed E-state index contributed by atoms with van der Waals surface area (Å²) in [6, 6.07) is 17.9. The first-order chi connectivity index (χ1) is 11.9. The Kier molecular flexibility index (Phi) is 5.95. The summed E-state index contributed by atoms with van der Waals surface area (Å²) >= 11 is -0.325. The van der Waals surface area contributed by atoms with Gasteiger partial charge in [0.05, 0.1) is 0 Å². The summed E-state index contributed by atoms with van der Waals surface area (Å²) in [4.78, 5) is 0. The molecule has 0 aromatic heterocycles. The van der Waals surface area contributed by atoms with E-state index in [4.69, 9.17) is 0 Å². The summed E-state index contributed by atoms with van der Waals surface area (Å²) in [5, 5.41) is 0. The van der Waals surface area contributed by atoms with Crippen molar-refractivity contribution >= 4 is 12.2 Å². The predicted octanol–water partition coefficient (Wildman–Crippen LogP) is 6.30. The van der Waals surface area contributed by atoms with Gasteiger partial charge in [-0.15, -0.1) is 0 Å². The van der Waals surface area contributed by atoms with Gasteiger partial charge in [-0.05, 0) is 0 Å². The zero-order valence-electron chi connectivity index (χ0n) is 14.1. The van der Waals surface area contributed by atoms with E-state index < -0.39 is 0 Å². The van der Waals surface area contributed by atoms with Crippen molar-refractivity contribution in [1.82, 2.24) is 0 Å². The van der Waals surface area contributed by atoms with Gasteiger partial charge in [0.2, 0.25) is 0 Å². The normalized spacial score (nSPS) is 19.7. The molecule has 2 aliphatic rings. The Labute approximate surface area is 168 Å². The topological polar surface area (TPSA) is 0 Å². The number of hydrogen-bond donors (Lipinski definition) is 0. The number of hydrogen-bond acceptors (Lipinski definition) is 0. The van der Waals surface area contributed by atoms with E-state index in [0.717, 1.165) is 7.35 Å². The summed E-state index contributed by atoms with van der Waals surface area (Å²) in [5.74, 6) is 0. The molecule has 0 N–H and O–H groups in total. The molecule has 0 amide bonds. The molecule has 0 heterocycles. The van der Waals surface area contributed by atoms with E-state index >= 15 is 0 Å². The third kappa shape index (κ3) is 3.90. The van der Waals surface area contributed by atoms with Crippen molar-refractivity contribution < 1.29 is 45.8 Å². The minimum atomic E-state index is -0.162. The Hall–Kier alpha value is -0.340. The zero-order chi connectivity index (χ0) is 16.2. The predicted molar refractivity (Wildman–Crippen MR) is 95.3 cm³/mol. The maximum atomic E-state index is 2.47. The van der Waals surface area contributed by atoms with Crippen molar-refractivity contribution in [3.05, 3.63) is 82.9 Å². The second kappa shape index (κ2) is 8.36.